The summed E-state index contributed by atoms with van der Waals surface area (Å²) >= 11 is 3.02. The fourth-order valence-corrected chi connectivity index (χ4v) is 3.44. The zero-order valence-corrected chi connectivity index (χ0v) is 13.6. The summed E-state index contributed by atoms with van der Waals surface area (Å²) in [6.45, 7) is 0.629. The van der Waals surface area contributed by atoms with E-state index in [1.54, 1.807) is 28.8 Å². The molecule has 0 unspecified atom stereocenters. The summed E-state index contributed by atoms with van der Waals surface area (Å²) in [6, 6.07) is 7.14. The maximum atomic E-state index is 12.0. The van der Waals surface area contributed by atoms with Crippen molar-refractivity contribution in [2.45, 2.75) is 0 Å². The van der Waals surface area contributed by atoms with Crippen LogP contribution in [0.5, 0.6) is 0 Å². The molecule has 0 aliphatic carbocycles. The van der Waals surface area contributed by atoms with Crippen LogP contribution in [-0.4, -0.2) is 29.9 Å². The number of hydrogen-bond donors (Lipinski definition) is 2. The van der Waals surface area contributed by atoms with E-state index in [2.05, 4.69) is 15.6 Å². The summed E-state index contributed by atoms with van der Waals surface area (Å²) in [6.07, 6.45) is 1.43. The molecule has 0 aromatic carbocycles. The van der Waals surface area contributed by atoms with E-state index in [0.29, 0.717) is 18.8 Å². The monoisotopic (exact) mass is 347 g/mol. The van der Waals surface area contributed by atoms with Gasteiger partial charge in [-0.15, -0.1) is 22.7 Å². The van der Waals surface area contributed by atoms with Crippen LogP contribution >= 0.6 is 22.7 Å². The van der Waals surface area contributed by atoms with Crippen LogP contribution in [0.15, 0.2) is 45.7 Å². The first-order valence-electron chi connectivity index (χ1n) is 6.83. The Morgan fingerprint density at radius 3 is 2.61 bits per heavy atom. The Labute approximate surface area is 140 Å². The van der Waals surface area contributed by atoms with Gasteiger partial charge in [-0.3, -0.25) is 9.59 Å². The van der Waals surface area contributed by atoms with Gasteiger partial charge in [-0.25, -0.2) is 4.98 Å². The predicted molar refractivity (Wildman–Crippen MR) is 88.8 cm³/mol. The minimum atomic E-state index is -0.308. The lowest BCUT2D eigenvalue weighted by Crippen LogP contribution is -2.34. The molecule has 3 aromatic heterocycles. The molecule has 0 bridgehead atoms. The zero-order chi connectivity index (χ0) is 16.1. The molecule has 8 heteroatoms. The third kappa shape index (κ3) is 3.85. The van der Waals surface area contributed by atoms with Crippen molar-refractivity contribution in [1.29, 1.82) is 0 Å². The third-order valence-corrected chi connectivity index (χ3v) is 4.79. The minimum Gasteiger partial charge on any atom is -0.459 e. The first-order chi connectivity index (χ1) is 11.2. The Kier molecular flexibility index (Phi) is 4.84. The van der Waals surface area contributed by atoms with E-state index in [-0.39, 0.29) is 17.6 Å². The Balaban J connectivity index is 1.45. The molecule has 0 aliphatic rings. The molecular formula is C15H13N3O3S2. The summed E-state index contributed by atoms with van der Waals surface area (Å²) < 4.78 is 4.97. The molecule has 3 aromatic rings. The molecule has 0 radical (unpaired) electrons. The number of nitrogens with one attached hydrogen (secondary N) is 2. The van der Waals surface area contributed by atoms with Crippen LogP contribution in [0.2, 0.25) is 0 Å². The van der Waals surface area contributed by atoms with Gasteiger partial charge in [0, 0.05) is 18.5 Å². The van der Waals surface area contributed by atoms with Gasteiger partial charge in [0.25, 0.3) is 11.8 Å². The van der Waals surface area contributed by atoms with Gasteiger partial charge in [0.05, 0.1) is 11.1 Å². The number of hydrogen-bond acceptors (Lipinski definition) is 6. The Bertz CT molecular complexity index is 779. The van der Waals surface area contributed by atoms with Crippen LogP contribution in [0.3, 0.4) is 0 Å². The summed E-state index contributed by atoms with van der Waals surface area (Å²) in [7, 11) is 0. The zero-order valence-electron chi connectivity index (χ0n) is 11.9. The Morgan fingerprint density at radius 2 is 1.91 bits per heavy atom. The maximum absolute atomic E-state index is 12.0. The van der Waals surface area contributed by atoms with Gasteiger partial charge in [-0.2, -0.15) is 0 Å². The molecule has 2 N–H and O–H groups in total. The summed E-state index contributed by atoms with van der Waals surface area (Å²) in [5.41, 5.74) is 0.385. The van der Waals surface area contributed by atoms with Crippen LogP contribution in [0, 0.1) is 0 Å². The Morgan fingerprint density at radius 1 is 1.09 bits per heavy atom. The lowest BCUT2D eigenvalue weighted by molar-refractivity contribution is 0.0909. The number of nitrogens with zero attached hydrogens (tertiary/aromatic N) is 1. The molecular weight excluding hydrogens is 334 g/mol. The number of furan rings is 1. The maximum Gasteiger partial charge on any atom is 0.287 e. The third-order valence-electron chi connectivity index (χ3n) is 2.91. The van der Waals surface area contributed by atoms with Gasteiger partial charge < -0.3 is 15.1 Å². The van der Waals surface area contributed by atoms with Crippen molar-refractivity contribution in [3.05, 3.63) is 52.7 Å². The average Bonchev–Trinajstić information content (AvgIpc) is 3.32. The summed E-state index contributed by atoms with van der Waals surface area (Å²) in [5, 5.41) is 9.91. The molecule has 0 atom stereocenters. The highest BCUT2D eigenvalue weighted by Gasteiger charge is 2.12. The van der Waals surface area contributed by atoms with Crippen molar-refractivity contribution in [1.82, 2.24) is 15.6 Å². The summed E-state index contributed by atoms with van der Waals surface area (Å²) in [5.74, 6) is -0.314. The van der Waals surface area contributed by atoms with Gasteiger partial charge in [0.2, 0.25) is 0 Å². The summed E-state index contributed by atoms with van der Waals surface area (Å²) in [4.78, 5) is 29.0. The van der Waals surface area contributed by atoms with E-state index in [4.69, 9.17) is 4.42 Å². The molecule has 0 saturated heterocycles. The van der Waals surface area contributed by atoms with E-state index in [9.17, 15) is 9.59 Å². The lowest BCUT2D eigenvalue weighted by atomic mass is 10.4. The molecule has 0 fully saturated rings. The van der Waals surface area contributed by atoms with Crippen LogP contribution in [0.4, 0.5) is 0 Å². The highest BCUT2D eigenvalue weighted by molar-refractivity contribution is 7.20. The Hall–Kier alpha value is -2.45. The number of thiophene rings is 1. The molecule has 0 saturated carbocycles. The predicted octanol–water partition coefficient (Wildman–Crippen LogP) is 2.62. The fourth-order valence-electron chi connectivity index (χ4n) is 1.83. The fraction of sp³-hybridized carbons (Fsp3) is 0.133. The van der Waals surface area contributed by atoms with Gasteiger partial charge in [-0.05, 0) is 23.6 Å². The molecule has 0 spiro atoms. The van der Waals surface area contributed by atoms with Gasteiger partial charge in [-0.1, -0.05) is 6.07 Å². The largest absolute Gasteiger partial charge is 0.459 e. The SMILES string of the molecule is O=C(NCCNC(=O)c1ccco1)c1csc(-c2cccs2)n1. The number of amides is 2. The number of aromatic nitrogens is 1. The van der Waals surface area contributed by atoms with Crippen molar-refractivity contribution in [2.75, 3.05) is 13.1 Å². The van der Waals surface area contributed by atoms with Gasteiger partial charge in [0.1, 0.15) is 10.7 Å². The molecule has 0 aliphatic heterocycles. The van der Waals surface area contributed by atoms with E-state index >= 15 is 0 Å². The quantitative estimate of drug-likeness (QED) is 0.671. The molecule has 2 amide bonds. The molecule has 3 rings (SSSR count). The van der Waals surface area contributed by atoms with Crippen molar-refractivity contribution in [3.63, 3.8) is 0 Å². The van der Waals surface area contributed by atoms with Gasteiger partial charge >= 0.3 is 0 Å². The highest BCUT2D eigenvalue weighted by atomic mass is 32.1. The van der Waals surface area contributed by atoms with E-state index < -0.39 is 0 Å². The van der Waals surface area contributed by atoms with Crippen molar-refractivity contribution in [2.24, 2.45) is 0 Å². The molecule has 23 heavy (non-hydrogen) atoms. The van der Waals surface area contributed by atoms with Crippen LogP contribution in [0.25, 0.3) is 9.88 Å². The second kappa shape index (κ2) is 7.21. The van der Waals surface area contributed by atoms with Crippen LogP contribution in [-0.2, 0) is 0 Å². The standard InChI is InChI=1S/C15H13N3O3S2/c19-13(10-9-23-15(18-10)12-4-2-8-22-12)16-5-6-17-14(20)11-3-1-7-21-11/h1-4,7-9H,5-6H2,(H,16,19)(H,17,20). The van der Waals surface area contributed by atoms with E-state index in [1.165, 1.54) is 17.6 Å². The minimum absolute atomic E-state index is 0.247. The molecule has 6 nitrogen and oxygen atoms in total. The van der Waals surface area contributed by atoms with Crippen LogP contribution < -0.4 is 10.6 Å². The van der Waals surface area contributed by atoms with Crippen molar-refractivity contribution in [3.8, 4) is 9.88 Å². The first-order valence-corrected chi connectivity index (χ1v) is 8.59. The highest BCUT2D eigenvalue weighted by Crippen LogP contribution is 2.27. The van der Waals surface area contributed by atoms with Crippen molar-refractivity contribution < 1.29 is 14.0 Å². The van der Waals surface area contributed by atoms with Crippen LogP contribution in [0.1, 0.15) is 21.0 Å². The molecule has 118 valence electrons. The van der Waals surface area contributed by atoms with E-state index in [0.717, 1.165) is 9.88 Å². The first kappa shape index (κ1) is 15.4. The normalized spacial score (nSPS) is 10.4. The van der Waals surface area contributed by atoms with Crippen molar-refractivity contribution >= 4 is 34.5 Å². The number of rotatable bonds is 6. The molecule has 3 heterocycles. The second-order valence-corrected chi connectivity index (χ2v) is 6.31. The lowest BCUT2D eigenvalue weighted by Gasteiger charge is -2.04. The topological polar surface area (TPSA) is 84.2 Å². The smallest absolute Gasteiger partial charge is 0.287 e. The number of carbonyl (C=O) groups excluding carboxylic acids is 2. The number of carbonyl (C=O) groups is 2. The van der Waals surface area contributed by atoms with Gasteiger partial charge in [0.15, 0.2) is 5.76 Å². The number of thiazole rings is 1. The average molecular weight is 347 g/mol. The van der Waals surface area contributed by atoms with E-state index in [1.807, 2.05) is 17.5 Å². The second-order valence-electron chi connectivity index (χ2n) is 4.50.